The van der Waals surface area contributed by atoms with Crippen LogP contribution in [0, 0.1) is 0 Å². The molecule has 1 saturated heterocycles. The number of ether oxygens (including phenoxy) is 1. The molecule has 0 saturated carbocycles. The van der Waals surface area contributed by atoms with E-state index in [0.717, 1.165) is 53.3 Å². The summed E-state index contributed by atoms with van der Waals surface area (Å²) in [7, 11) is 1.65. The monoisotopic (exact) mass is 405 g/mol. The summed E-state index contributed by atoms with van der Waals surface area (Å²) in [4.78, 5) is 19.4. The van der Waals surface area contributed by atoms with E-state index < -0.39 is 0 Å². The molecule has 7 heteroatoms. The smallest absolute Gasteiger partial charge is 0.253 e. The Morgan fingerprint density at radius 1 is 1.14 bits per heavy atom. The van der Waals surface area contributed by atoms with Gasteiger partial charge in [-0.3, -0.25) is 4.79 Å². The van der Waals surface area contributed by atoms with Crippen LogP contribution >= 0.6 is 11.3 Å². The molecule has 4 aromatic rings. The van der Waals surface area contributed by atoms with Crippen molar-refractivity contribution in [2.45, 2.75) is 12.8 Å². The van der Waals surface area contributed by atoms with Crippen molar-refractivity contribution in [3.63, 3.8) is 0 Å². The largest absolute Gasteiger partial charge is 0.497 e. The minimum atomic E-state index is 0.0637. The summed E-state index contributed by atoms with van der Waals surface area (Å²) in [6.45, 7) is 1.65. The number of rotatable bonds is 4. The van der Waals surface area contributed by atoms with Crippen LogP contribution in [-0.4, -0.2) is 41.1 Å². The summed E-state index contributed by atoms with van der Waals surface area (Å²) in [5.74, 6) is 0.872. The van der Waals surface area contributed by atoms with E-state index in [1.807, 2.05) is 52.7 Å². The number of likely N-dealkylation sites (tertiary alicyclic amines) is 1. The molecule has 146 valence electrons. The third-order valence-electron chi connectivity index (χ3n) is 5.19. The molecule has 1 fully saturated rings. The maximum Gasteiger partial charge on any atom is 0.253 e. The quantitative estimate of drug-likeness (QED) is 0.485. The fourth-order valence-corrected chi connectivity index (χ4v) is 4.42. The van der Waals surface area contributed by atoms with Crippen LogP contribution in [0.1, 0.15) is 23.2 Å². The standard InChI is InChI=1S/C22H19N3O3S/c1-27-16-7-4-14(5-8-16)21-23-18(13-29-21)20-17-12-15(6-9-19(17)28-24-20)22(26)25-10-2-3-11-25/h4-9,12-13H,2-3,10-11H2,1H3. The second-order valence-corrected chi connectivity index (χ2v) is 7.87. The molecule has 0 aliphatic carbocycles. The van der Waals surface area contributed by atoms with Crippen molar-refractivity contribution >= 4 is 28.2 Å². The van der Waals surface area contributed by atoms with Gasteiger partial charge in [-0.05, 0) is 55.3 Å². The molecule has 0 N–H and O–H groups in total. The van der Waals surface area contributed by atoms with Crippen LogP contribution in [0.3, 0.4) is 0 Å². The number of methoxy groups -OCH3 is 1. The zero-order valence-electron chi connectivity index (χ0n) is 15.9. The minimum absolute atomic E-state index is 0.0637. The Hall–Kier alpha value is -3.19. The lowest BCUT2D eigenvalue weighted by Crippen LogP contribution is -2.27. The summed E-state index contributed by atoms with van der Waals surface area (Å²) in [6, 6.07) is 13.3. The van der Waals surface area contributed by atoms with Crippen molar-refractivity contribution in [2.75, 3.05) is 20.2 Å². The number of amides is 1. The maximum atomic E-state index is 12.8. The van der Waals surface area contributed by atoms with Gasteiger partial charge >= 0.3 is 0 Å². The molecular weight excluding hydrogens is 386 g/mol. The molecule has 0 radical (unpaired) electrons. The van der Waals surface area contributed by atoms with Gasteiger partial charge in [0.15, 0.2) is 5.58 Å². The summed E-state index contributed by atoms with van der Waals surface area (Å²) < 4.78 is 10.7. The van der Waals surface area contributed by atoms with Gasteiger partial charge in [-0.25, -0.2) is 4.98 Å². The molecule has 1 amide bonds. The number of carbonyl (C=O) groups excluding carboxylic acids is 1. The summed E-state index contributed by atoms with van der Waals surface area (Å²) in [6.07, 6.45) is 2.14. The lowest BCUT2D eigenvalue weighted by molar-refractivity contribution is 0.0793. The van der Waals surface area contributed by atoms with E-state index >= 15 is 0 Å². The first kappa shape index (κ1) is 17.9. The molecular formula is C22H19N3O3S. The van der Waals surface area contributed by atoms with E-state index in [0.29, 0.717) is 16.8 Å². The first-order valence-electron chi connectivity index (χ1n) is 9.52. The Bertz CT molecular complexity index is 1170. The number of hydrogen-bond acceptors (Lipinski definition) is 6. The molecule has 6 nitrogen and oxygen atoms in total. The highest BCUT2D eigenvalue weighted by molar-refractivity contribution is 7.13. The van der Waals surface area contributed by atoms with Gasteiger partial charge in [0.2, 0.25) is 0 Å². The van der Waals surface area contributed by atoms with Crippen LogP contribution in [0.25, 0.3) is 32.9 Å². The zero-order valence-corrected chi connectivity index (χ0v) is 16.7. The third-order valence-corrected chi connectivity index (χ3v) is 6.09. The number of carbonyl (C=O) groups is 1. The fraction of sp³-hybridized carbons (Fsp3) is 0.227. The average Bonchev–Trinajstić information content (AvgIpc) is 3.53. The molecule has 0 unspecified atom stereocenters. The van der Waals surface area contributed by atoms with Gasteiger partial charge in [0.1, 0.15) is 22.1 Å². The highest BCUT2D eigenvalue weighted by Crippen LogP contribution is 2.33. The molecule has 1 aliphatic heterocycles. The van der Waals surface area contributed by atoms with Crippen molar-refractivity contribution in [1.29, 1.82) is 0 Å². The average molecular weight is 405 g/mol. The van der Waals surface area contributed by atoms with E-state index in [2.05, 4.69) is 5.16 Å². The van der Waals surface area contributed by atoms with E-state index in [1.165, 1.54) is 0 Å². The van der Waals surface area contributed by atoms with Crippen molar-refractivity contribution < 1.29 is 14.1 Å². The van der Waals surface area contributed by atoms with Crippen LogP contribution in [0.4, 0.5) is 0 Å². The van der Waals surface area contributed by atoms with E-state index in [1.54, 1.807) is 18.4 Å². The van der Waals surface area contributed by atoms with Crippen LogP contribution in [0.5, 0.6) is 5.75 Å². The molecule has 1 aliphatic rings. The molecule has 3 heterocycles. The third kappa shape index (κ3) is 3.27. The first-order chi connectivity index (χ1) is 14.2. The van der Waals surface area contributed by atoms with Crippen LogP contribution in [-0.2, 0) is 0 Å². The SMILES string of the molecule is COc1ccc(-c2nc(-c3noc4ccc(C(=O)N5CCCC5)cc34)cs2)cc1. The van der Waals surface area contributed by atoms with Crippen molar-refractivity contribution in [1.82, 2.24) is 15.0 Å². The second-order valence-electron chi connectivity index (χ2n) is 7.01. The molecule has 0 spiro atoms. The number of thiazole rings is 1. The van der Waals surface area contributed by atoms with Gasteiger partial charge in [-0.15, -0.1) is 11.3 Å². The number of nitrogens with zero attached hydrogens (tertiary/aromatic N) is 3. The molecule has 0 bridgehead atoms. The topological polar surface area (TPSA) is 68.5 Å². The number of fused-ring (bicyclic) bond motifs is 1. The normalized spacial score (nSPS) is 13.9. The molecule has 2 aromatic heterocycles. The summed E-state index contributed by atoms with van der Waals surface area (Å²) >= 11 is 1.55. The maximum absolute atomic E-state index is 12.8. The predicted octanol–water partition coefficient (Wildman–Crippen LogP) is 4.86. The van der Waals surface area contributed by atoms with E-state index in [-0.39, 0.29) is 5.91 Å². The predicted molar refractivity (Wildman–Crippen MR) is 112 cm³/mol. The first-order valence-corrected chi connectivity index (χ1v) is 10.4. The molecule has 29 heavy (non-hydrogen) atoms. The Kier molecular flexibility index (Phi) is 4.52. The summed E-state index contributed by atoms with van der Waals surface area (Å²) in [5.41, 5.74) is 3.73. The van der Waals surface area contributed by atoms with Gasteiger partial charge < -0.3 is 14.2 Å². The van der Waals surface area contributed by atoms with Gasteiger partial charge in [0, 0.05) is 29.6 Å². The van der Waals surface area contributed by atoms with Crippen LogP contribution in [0.2, 0.25) is 0 Å². The van der Waals surface area contributed by atoms with Crippen molar-refractivity contribution in [2.24, 2.45) is 0 Å². The number of aromatic nitrogens is 2. The Labute approximate surface area is 171 Å². The lowest BCUT2D eigenvalue weighted by Gasteiger charge is -2.14. The number of hydrogen-bond donors (Lipinski definition) is 0. The Morgan fingerprint density at radius 3 is 2.69 bits per heavy atom. The van der Waals surface area contributed by atoms with Crippen molar-refractivity contribution in [3.8, 4) is 27.7 Å². The van der Waals surface area contributed by atoms with Crippen molar-refractivity contribution in [3.05, 3.63) is 53.4 Å². The molecule has 5 rings (SSSR count). The van der Waals surface area contributed by atoms with Crippen LogP contribution in [0.15, 0.2) is 52.4 Å². The van der Waals surface area contributed by atoms with E-state index in [4.69, 9.17) is 14.2 Å². The van der Waals surface area contributed by atoms with E-state index in [9.17, 15) is 4.79 Å². The van der Waals surface area contributed by atoms with Gasteiger partial charge in [0.05, 0.1) is 12.5 Å². The highest BCUT2D eigenvalue weighted by Gasteiger charge is 2.21. The highest BCUT2D eigenvalue weighted by atomic mass is 32.1. The Morgan fingerprint density at radius 2 is 1.93 bits per heavy atom. The van der Waals surface area contributed by atoms with Gasteiger partial charge in [-0.2, -0.15) is 0 Å². The van der Waals surface area contributed by atoms with Gasteiger partial charge in [-0.1, -0.05) is 5.16 Å². The second kappa shape index (κ2) is 7.33. The molecule has 0 atom stereocenters. The minimum Gasteiger partial charge on any atom is -0.497 e. The lowest BCUT2D eigenvalue weighted by atomic mass is 10.1. The fourth-order valence-electron chi connectivity index (χ4n) is 3.61. The van der Waals surface area contributed by atoms with Gasteiger partial charge in [0.25, 0.3) is 5.91 Å². The zero-order chi connectivity index (χ0) is 19.8. The number of benzene rings is 2. The Balaban J connectivity index is 1.49. The van der Waals surface area contributed by atoms with Crippen LogP contribution < -0.4 is 4.74 Å². The molecule has 2 aromatic carbocycles. The summed E-state index contributed by atoms with van der Waals surface area (Å²) in [5, 5.41) is 7.89.